The zero-order chi connectivity index (χ0) is 17.5. The molecule has 0 amide bonds. The van der Waals surface area contributed by atoms with Crippen LogP contribution in [0.5, 0.6) is 18.0 Å². The van der Waals surface area contributed by atoms with Crippen LogP contribution in [0.2, 0.25) is 0 Å². The Balaban J connectivity index is 2.58. The molecule has 0 unspecified atom stereocenters. The summed E-state index contributed by atoms with van der Waals surface area (Å²) in [6, 6.07) is 0.382. The van der Waals surface area contributed by atoms with Crippen molar-refractivity contribution in [3.8, 4) is 18.0 Å². The molecular weight excluding hydrogens is 318 g/mol. The maximum absolute atomic E-state index is 5.43. The molecular formula is C15H27N3O6. The number of hydrogen-bond acceptors (Lipinski definition) is 9. The van der Waals surface area contributed by atoms with Crippen LogP contribution in [0.3, 0.4) is 0 Å². The Bertz CT molecular complexity index is 361. The molecule has 1 aromatic rings. The van der Waals surface area contributed by atoms with Gasteiger partial charge in [-0.15, -0.1) is 15.0 Å². The third-order valence-electron chi connectivity index (χ3n) is 2.56. The van der Waals surface area contributed by atoms with E-state index in [1.165, 1.54) is 0 Å². The molecule has 0 aliphatic carbocycles. The molecule has 0 bridgehead atoms. The first-order chi connectivity index (χ1) is 11.8. The molecule has 9 nitrogen and oxygen atoms in total. The second-order valence-corrected chi connectivity index (χ2v) is 4.32. The summed E-state index contributed by atoms with van der Waals surface area (Å²) < 4.78 is 31.9. The summed E-state index contributed by atoms with van der Waals surface area (Å²) in [7, 11) is 0. The average molecular weight is 345 g/mol. The van der Waals surface area contributed by atoms with E-state index in [9.17, 15) is 0 Å². The number of rotatable bonds is 15. The maximum Gasteiger partial charge on any atom is 0.325 e. The Hall–Kier alpha value is -1.71. The smallest absolute Gasteiger partial charge is 0.325 e. The number of hydrogen-bond donors (Lipinski definition) is 0. The van der Waals surface area contributed by atoms with E-state index in [1.807, 2.05) is 20.8 Å². The summed E-state index contributed by atoms with van der Waals surface area (Å²) in [6.45, 7) is 9.94. The van der Waals surface area contributed by atoms with Crippen LogP contribution in [0.1, 0.15) is 20.8 Å². The largest absolute Gasteiger partial charge is 0.461 e. The first-order valence-corrected chi connectivity index (χ1v) is 8.17. The zero-order valence-electron chi connectivity index (χ0n) is 14.7. The van der Waals surface area contributed by atoms with Gasteiger partial charge in [0, 0.05) is 19.8 Å². The van der Waals surface area contributed by atoms with Crippen LogP contribution < -0.4 is 14.2 Å². The van der Waals surface area contributed by atoms with Crippen LogP contribution >= 0.6 is 0 Å². The molecule has 0 saturated heterocycles. The van der Waals surface area contributed by atoms with Crippen LogP contribution in [0.4, 0.5) is 0 Å². The first-order valence-electron chi connectivity index (χ1n) is 8.17. The van der Waals surface area contributed by atoms with E-state index in [2.05, 4.69) is 15.0 Å². The van der Waals surface area contributed by atoms with Crippen molar-refractivity contribution < 1.29 is 28.4 Å². The monoisotopic (exact) mass is 345 g/mol. The second kappa shape index (κ2) is 13.7. The minimum atomic E-state index is 0.127. The first kappa shape index (κ1) is 20.3. The van der Waals surface area contributed by atoms with E-state index >= 15 is 0 Å². The fourth-order valence-corrected chi connectivity index (χ4v) is 1.52. The Morgan fingerprint density at radius 3 is 1.04 bits per heavy atom. The van der Waals surface area contributed by atoms with Gasteiger partial charge in [-0.2, -0.15) is 0 Å². The van der Waals surface area contributed by atoms with E-state index in [1.54, 1.807) is 0 Å². The van der Waals surface area contributed by atoms with E-state index in [-0.39, 0.29) is 18.0 Å². The van der Waals surface area contributed by atoms with Crippen LogP contribution in [0.15, 0.2) is 0 Å². The molecule has 0 fully saturated rings. The fourth-order valence-electron chi connectivity index (χ4n) is 1.52. The van der Waals surface area contributed by atoms with Crippen molar-refractivity contribution in [1.29, 1.82) is 0 Å². The lowest BCUT2D eigenvalue weighted by Crippen LogP contribution is -2.14. The molecule has 24 heavy (non-hydrogen) atoms. The highest BCUT2D eigenvalue weighted by atomic mass is 16.6. The fraction of sp³-hybridized carbons (Fsp3) is 0.800. The molecule has 0 aliphatic rings. The summed E-state index contributed by atoms with van der Waals surface area (Å²) in [5.74, 6) is 0. The number of aromatic nitrogens is 3. The quantitative estimate of drug-likeness (QED) is 0.433. The van der Waals surface area contributed by atoms with Gasteiger partial charge in [-0.1, -0.05) is 0 Å². The lowest BCUT2D eigenvalue weighted by atomic mass is 10.7. The standard InChI is InChI=1S/C15H27N3O6/c1-4-19-7-10-22-13-16-14(23-11-8-20-5-2)18-15(17-13)24-12-9-21-6-3/h4-12H2,1-3H3. The zero-order valence-corrected chi connectivity index (χ0v) is 14.7. The van der Waals surface area contributed by atoms with Crippen molar-refractivity contribution in [2.45, 2.75) is 20.8 Å². The molecule has 1 aromatic heterocycles. The maximum atomic E-state index is 5.43. The molecule has 0 N–H and O–H groups in total. The molecule has 0 aliphatic heterocycles. The van der Waals surface area contributed by atoms with Gasteiger partial charge in [0.1, 0.15) is 19.8 Å². The van der Waals surface area contributed by atoms with Crippen molar-refractivity contribution in [3.63, 3.8) is 0 Å². The molecule has 0 saturated carbocycles. The summed E-state index contributed by atoms with van der Waals surface area (Å²) in [4.78, 5) is 12.3. The van der Waals surface area contributed by atoms with Gasteiger partial charge in [-0.25, -0.2) is 0 Å². The van der Waals surface area contributed by atoms with Gasteiger partial charge in [0.2, 0.25) is 0 Å². The third kappa shape index (κ3) is 9.43. The van der Waals surface area contributed by atoms with Gasteiger partial charge in [-0.3, -0.25) is 0 Å². The number of ether oxygens (including phenoxy) is 6. The molecule has 0 radical (unpaired) electrons. The van der Waals surface area contributed by atoms with E-state index in [4.69, 9.17) is 28.4 Å². The predicted octanol–water partition coefficient (Wildman–Crippen LogP) is 1.12. The van der Waals surface area contributed by atoms with Crippen LogP contribution in [0, 0.1) is 0 Å². The SMILES string of the molecule is CCOCCOc1nc(OCCOCC)nc(OCCOCC)n1. The Labute approximate surface area is 142 Å². The Kier molecular flexibility index (Phi) is 11.6. The molecule has 0 atom stereocenters. The molecule has 0 spiro atoms. The van der Waals surface area contributed by atoms with Gasteiger partial charge >= 0.3 is 18.0 Å². The second-order valence-electron chi connectivity index (χ2n) is 4.32. The lowest BCUT2D eigenvalue weighted by molar-refractivity contribution is 0.0939. The Morgan fingerprint density at radius 1 is 0.500 bits per heavy atom. The van der Waals surface area contributed by atoms with Gasteiger partial charge in [0.05, 0.1) is 19.8 Å². The van der Waals surface area contributed by atoms with Gasteiger partial charge < -0.3 is 28.4 Å². The Morgan fingerprint density at radius 2 is 0.792 bits per heavy atom. The van der Waals surface area contributed by atoms with Crippen molar-refractivity contribution >= 4 is 0 Å². The van der Waals surface area contributed by atoms with E-state index < -0.39 is 0 Å². The van der Waals surface area contributed by atoms with E-state index in [0.29, 0.717) is 59.5 Å². The summed E-state index contributed by atoms with van der Waals surface area (Å²) >= 11 is 0. The highest BCUT2D eigenvalue weighted by Gasteiger charge is 2.10. The van der Waals surface area contributed by atoms with Crippen molar-refractivity contribution in [2.24, 2.45) is 0 Å². The molecule has 9 heteroatoms. The topological polar surface area (TPSA) is 94.1 Å². The predicted molar refractivity (Wildman–Crippen MR) is 85.8 cm³/mol. The van der Waals surface area contributed by atoms with Gasteiger partial charge in [-0.05, 0) is 20.8 Å². The van der Waals surface area contributed by atoms with Crippen molar-refractivity contribution in [2.75, 3.05) is 59.5 Å². The van der Waals surface area contributed by atoms with E-state index in [0.717, 1.165) is 0 Å². The summed E-state index contributed by atoms with van der Waals surface area (Å²) in [5, 5.41) is 0. The van der Waals surface area contributed by atoms with Crippen molar-refractivity contribution in [3.05, 3.63) is 0 Å². The molecule has 1 heterocycles. The highest BCUT2D eigenvalue weighted by molar-refractivity contribution is 5.09. The lowest BCUT2D eigenvalue weighted by Gasteiger charge is -2.10. The average Bonchev–Trinajstić information content (AvgIpc) is 2.59. The van der Waals surface area contributed by atoms with Crippen LogP contribution in [-0.4, -0.2) is 74.4 Å². The third-order valence-corrected chi connectivity index (χ3v) is 2.56. The minimum absolute atomic E-state index is 0.127. The number of nitrogens with zero attached hydrogens (tertiary/aromatic N) is 3. The van der Waals surface area contributed by atoms with Crippen molar-refractivity contribution in [1.82, 2.24) is 15.0 Å². The molecule has 138 valence electrons. The normalized spacial score (nSPS) is 10.6. The van der Waals surface area contributed by atoms with Gasteiger partial charge in [0.15, 0.2) is 0 Å². The highest BCUT2D eigenvalue weighted by Crippen LogP contribution is 2.14. The van der Waals surface area contributed by atoms with Gasteiger partial charge in [0.25, 0.3) is 0 Å². The summed E-state index contributed by atoms with van der Waals surface area (Å²) in [6.07, 6.45) is 0. The van der Waals surface area contributed by atoms with Crippen LogP contribution in [0.25, 0.3) is 0 Å². The minimum Gasteiger partial charge on any atom is -0.461 e. The van der Waals surface area contributed by atoms with Crippen LogP contribution in [-0.2, 0) is 14.2 Å². The molecule has 1 rings (SSSR count). The molecule has 0 aromatic carbocycles. The summed E-state index contributed by atoms with van der Waals surface area (Å²) in [5.41, 5.74) is 0.